The van der Waals surface area contributed by atoms with Gasteiger partial charge in [-0.25, -0.2) is 9.59 Å². The molecule has 0 radical (unpaired) electrons. The van der Waals surface area contributed by atoms with Crippen LogP contribution in [0, 0.1) is 5.92 Å². The zero-order chi connectivity index (χ0) is 13.2. The molecule has 0 heterocycles. The third kappa shape index (κ3) is 2.44. The highest BCUT2D eigenvalue weighted by atomic mass is 16.4. The molecule has 2 atom stereocenters. The minimum absolute atomic E-state index is 0.0177. The molecule has 0 aromatic heterocycles. The van der Waals surface area contributed by atoms with Crippen LogP contribution in [0.25, 0.3) is 0 Å². The number of carbonyl (C=O) groups excluding carboxylic acids is 1. The van der Waals surface area contributed by atoms with E-state index in [-0.39, 0.29) is 18.0 Å². The van der Waals surface area contributed by atoms with Gasteiger partial charge in [0, 0.05) is 6.04 Å². The number of carboxylic acid groups (broad SMARTS) is 1. The van der Waals surface area contributed by atoms with Gasteiger partial charge < -0.3 is 15.7 Å². The molecule has 0 aromatic carbocycles. The largest absolute Gasteiger partial charge is 0.479 e. The van der Waals surface area contributed by atoms with E-state index in [0.29, 0.717) is 6.42 Å². The number of rotatable bonds is 3. The molecule has 5 heteroatoms. The molecule has 2 fully saturated rings. The molecule has 0 spiro atoms. The summed E-state index contributed by atoms with van der Waals surface area (Å²) in [4.78, 5) is 23.4. The minimum atomic E-state index is -1.08. The molecular weight excluding hydrogens is 232 g/mol. The van der Waals surface area contributed by atoms with Crippen molar-refractivity contribution in [3.63, 3.8) is 0 Å². The monoisotopic (exact) mass is 254 g/mol. The van der Waals surface area contributed by atoms with Gasteiger partial charge in [0.1, 0.15) is 5.54 Å². The van der Waals surface area contributed by atoms with E-state index in [9.17, 15) is 14.7 Å². The molecule has 2 amide bonds. The van der Waals surface area contributed by atoms with Crippen LogP contribution in [0.2, 0.25) is 0 Å². The Morgan fingerprint density at radius 1 is 1.17 bits per heavy atom. The quantitative estimate of drug-likeness (QED) is 0.719. The molecule has 0 bridgehead atoms. The standard InChI is InChI=1S/C13H22N2O3/c1-9-5-2-3-8-13(9,11(16)17)15-12(18)14-10-6-4-7-10/h9-10H,2-8H2,1H3,(H,16,17)(H2,14,15,18). The number of hydrogen-bond acceptors (Lipinski definition) is 2. The molecule has 18 heavy (non-hydrogen) atoms. The van der Waals surface area contributed by atoms with Crippen molar-refractivity contribution in [3.8, 4) is 0 Å². The fourth-order valence-electron chi connectivity index (χ4n) is 2.88. The van der Waals surface area contributed by atoms with Gasteiger partial charge in [-0.05, 0) is 38.0 Å². The van der Waals surface area contributed by atoms with Gasteiger partial charge in [0.2, 0.25) is 0 Å². The van der Waals surface area contributed by atoms with E-state index in [4.69, 9.17) is 0 Å². The van der Waals surface area contributed by atoms with Gasteiger partial charge in [-0.3, -0.25) is 0 Å². The first kappa shape index (κ1) is 13.2. The van der Waals surface area contributed by atoms with Crippen LogP contribution in [0.3, 0.4) is 0 Å². The molecule has 2 aliphatic rings. The summed E-state index contributed by atoms with van der Waals surface area (Å²) in [5.74, 6) is -0.922. The SMILES string of the molecule is CC1CCCCC1(NC(=O)NC1CCC1)C(=O)O. The van der Waals surface area contributed by atoms with Crippen molar-refractivity contribution in [2.75, 3.05) is 0 Å². The van der Waals surface area contributed by atoms with Crippen LogP contribution in [0.1, 0.15) is 51.9 Å². The Morgan fingerprint density at radius 3 is 2.39 bits per heavy atom. The Labute approximate surface area is 107 Å². The van der Waals surface area contributed by atoms with Crippen molar-refractivity contribution in [2.45, 2.75) is 63.5 Å². The van der Waals surface area contributed by atoms with Gasteiger partial charge in [0.15, 0.2) is 0 Å². The molecule has 2 aliphatic carbocycles. The van der Waals surface area contributed by atoms with E-state index in [2.05, 4.69) is 10.6 Å². The molecule has 102 valence electrons. The maximum atomic E-state index is 11.9. The number of hydrogen-bond donors (Lipinski definition) is 3. The van der Waals surface area contributed by atoms with Crippen LogP contribution in [-0.4, -0.2) is 28.7 Å². The van der Waals surface area contributed by atoms with Crippen molar-refractivity contribution < 1.29 is 14.7 Å². The second-order valence-corrected chi connectivity index (χ2v) is 5.65. The second kappa shape index (κ2) is 5.16. The van der Waals surface area contributed by atoms with Gasteiger partial charge in [-0.15, -0.1) is 0 Å². The van der Waals surface area contributed by atoms with Gasteiger partial charge >= 0.3 is 12.0 Å². The number of carbonyl (C=O) groups is 2. The van der Waals surface area contributed by atoms with Crippen LogP contribution < -0.4 is 10.6 Å². The maximum Gasteiger partial charge on any atom is 0.329 e. The topological polar surface area (TPSA) is 78.4 Å². The zero-order valence-corrected chi connectivity index (χ0v) is 10.9. The van der Waals surface area contributed by atoms with E-state index in [1.807, 2.05) is 6.92 Å². The first-order chi connectivity index (χ1) is 8.54. The molecule has 5 nitrogen and oxygen atoms in total. The highest BCUT2D eigenvalue weighted by molar-refractivity contribution is 5.86. The van der Waals surface area contributed by atoms with Crippen molar-refractivity contribution in [3.05, 3.63) is 0 Å². The first-order valence-electron chi connectivity index (χ1n) is 6.86. The smallest absolute Gasteiger partial charge is 0.329 e. The molecule has 2 rings (SSSR count). The lowest BCUT2D eigenvalue weighted by atomic mass is 9.73. The summed E-state index contributed by atoms with van der Waals surface area (Å²) in [6, 6.07) is -0.0920. The van der Waals surface area contributed by atoms with E-state index >= 15 is 0 Å². The number of carboxylic acids is 1. The van der Waals surface area contributed by atoms with Gasteiger partial charge in [-0.2, -0.15) is 0 Å². The maximum absolute atomic E-state index is 11.9. The van der Waals surface area contributed by atoms with E-state index in [1.54, 1.807) is 0 Å². The molecular formula is C13H22N2O3. The summed E-state index contributed by atoms with van der Waals surface area (Å²) in [5, 5.41) is 15.1. The van der Waals surface area contributed by atoms with Gasteiger partial charge in [0.25, 0.3) is 0 Å². The third-order valence-corrected chi connectivity index (χ3v) is 4.46. The average molecular weight is 254 g/mol. The summed E-state index contributed by atoms with van der Waals surface area (Å²) >= 11 is 0. The van der Waals surface area contributed by atoms with Crippen LogP contribution in [0.4, 0.5) is 4.79 Å². The van der Waals surface area contributed by atoms with Crippen LogP contribution in [0.5, 0.6) is 0 Å². The Bertz CT molecular complexity index is 341. The lowest BCUT2D eigenvalue weighted by Crippen LogP contribution is -2.63. The fourth-order valence-corrected chi connectivity index (χ4v) is 2.88. The van der Waals surface area contributed by atoms with Crippen LogP contribution in [-0.2, 0) is 4.79 Å². The predicted molar refractivity (Wildman–Crippen MR) is 67.3 cm³/mol. The zero-order valence-electron chi connectivity index (χ0n) is 10.9. The highest BCUT2D eigenvalue weighted by Crippen LogP contribution is 2.34. The van der Waals surface area contributed by atoms with E-state index in [1.165, 1.54) is 0 Å². The number of nitrogens with one attached hydrogen (secondary N) is 2. The van der Waals surface area contributed by atoms with E-state index in [0.717, 1.165) is 38.5 Å². The van der Waals surface area contributed by atoms with Gasteiger partial charge in [0.05, 0.1) is 0 Å². The summed E-state index contributed by atoms with van der Waals surface area (Å²) in [6.45, 7) is 1.91. The molecule has 2 unspecified atom stereocenters. The predicted octanol–water partition coefficient (Wildman–Crippen LogP) is 1.87. The van der Waals surface area contributed by atoms with E-state index < -0.39 is 11.5 Å². The number of amides is 2. The molecule has 0 aromatic rings. The number of aliphatic carboxylic acids is 1. The van der Waals surface area contributed by atoms with Crippen molar-refractivity contribution >= 4 is 12.0 Å². The third-order valence-electron chi connectivity index (χ3n) is 4.46. The highest BCUT2D eigenvalue weighted by Gasteiger charge is 2.46. The Kier molecular flexibility index (Phi) is 3.78. The lowest BCUT2D eigenvalue weighted by Gasteiger charge is -2.40. The van der Waals surface area contributed by atoms with Gasteiger partial charge in [-0.1, -0.05) is 19.8 Å². The first-order valence-corrected chi connectivity index (χ1v) is 6.86. The fraction of sp³-hybridized carbons (Fsp3) is 0.846. The minimum Gasteiger partial charge on any atom is -0.479 e. The van der Waals surface area contributed by atoms with Crippen LogP contribution >= 0.6 is 0 Å². The lowest BCUT2D eigenvalue weighted by molar-refractivity contribution is -0.148. The molecule has 0 saturated heterocycles. The molecule has 2 saturated carbocycles. The second-order valence-electron chi connectivity index (χ2n) is 5.65. The van der Waals surface area contributed by atoms with Crippen molar-refractivity contribution in [2.24, 2.45) is 5.92 Å². The summed E-state index contributed by atoms with van der Waals surface area (Å²) in [7, 11) is 0. The number of urea groups is 1. The van der Waals surface area contributed by atoms with Crippen molar-refractivity contribution in [1.82, 2.24) is 10.6 Å². The Morgan fingerprint density at radius 2 is 1.89 bits per heavy atom. The Hall–Kier alpha value is -1.26. The summed E-state index contributed by atoms with van der Waals surface area (Å²) in [6.07, 6.45) is 6.44. The normalized spacial score (nSPS) is 32.4. The Balaban J connectivity index is 2.00. The molecule has 0 aliphatic heterocycles. The van der Waals surface area contributed by atoms with Crippen LogP contribution in [0.15, 0.2) is 0 Å². The molecule has 3 N–H and O–H groups in total. The summed E-state index contributed by atoms with van der Waals surface area (Å²) in [5.41, 5.74) is -1.08. The summed E-state index contributed by atoms with van der Waals surface area (Å²) < 4.78 is 0. The average Bonchev–Trinajstić information content (AvgIpc) is 2.26. The van der Waals surface area contributed by atoms with Crippen molar-refractivity contribution in [1.29, 1.82) is 0 Å².